The van der Waals surface area contributed by atoms with E-state index in [1.807, 2.05) is 0 Å². The lowest BCUT2D eigenvalue weighted by Crippen LogP contribution is -2.39. The van der Waals surface area contributed by atoms with E-state index in [0.29, 0.717) is 16.1 Å². The summed E-state index contributed by atoms with van der Waals surface area (Å²) in [6.45, 7) is 2.12. The second-order valence-electron chi connectivity index (χ2n) is 5.11. The number of hydrogen-bond donors (Lipinski definition) is 3. The standard InChI is InChI=1S/C14H17BrN2O3/c1-8-3-2-4-11(8)16-14(20)17-12-7-9(13(18)19)5-6-10(12)15/h5-8,11H,2-4H2,1H3,(H,18,19)(H2,16,17,20). The van der Waals surface area contributed by atoms with E-state index in [9.17, 15) is 9.59 Å². The molecule has 0 aliphatic heterocycles. The molecule has 0 spiro atoms. The Morgan fingerprint density at radius 3 is 2.70 bits per heavy atom. The molecular formula is C14H17BrN2O3. The summed E-state index contributed by atoms with van der Waals surface area (Å²) < 4.78 is 0.650. The molecule has 5 nitrogen and oxygen atoms in total. The van der Waals surface area contributed by atoms with Crippen LogP contribution in [0.5, 0.6) is 0 Å². The van der Waals surface area contributed by atoms with E-state index in [4.69, 9.17) is 5.11 Å². The zero-order valence-corrected chi connectivity index (χ0v) is 12.7. The number of carbonyl (C=O) groups is 2. The molecule has 2 rings (SSSR count). The Kier molecular flexibility index (Phi) is 4.65. The van der Waals surface area contributed by atoms with Crippen LogP contribution in [0, 0.1) is 5.92 Å². The van der Waals surface area contributed by atoms with Crippen molar-refractivity contribution < 1.29 is 14.7 Å². The monoisotopic (exact) mass is 340 g/mol. The molecular weight excluding hydrogens is 324 g/mol. The Morgan fingerprint density at radius 1 is 1.35 bits per heavy atom. The van der Waals surface area contributed by atoms with Crippen LogP contribution in [0.1, 0.15) is 36.5 Å². The number of anilines is 1. The first-order valence-corrected chi connectivity index (χ1v) is 7.37. The Balaban J connectivity index is 2.03. The Hall–Kier alpha value is -1.56. The van der Waals surface area contributed by atoms with Gasteiger partial charge in [-0.3, -0.25) is 0 Å². The van der Waals surface area contributed by atoms with Crippen molar-refractivity contribution in [3.63, 3.8) is 0 Å². The van der Waals surface area contributed by atoms with Gasteiger partial charge in [-0.15, -0.1) is 0 Å². The van der Waals surface area contributed by atoms with Gasteiger partial charge in [0.15, 0.2) is 0 Å². The van der Waals surface area contributed by atoms with Gasteiger partial charge in [-0.25, -0.2) is 9.59 Å². The predicted octanol–water partition coefficient (Wildman–Crippen LogP) is 3.46. The molecule has 2 unspecified atom stereocenters. The molecule has 3 N–H and O–H groups in total. The van der Waals surface area contributed by atoms with Crippen molar-refractivity contribution >= 4 is 33.6 Å². The van der Waals surface area contributed by atoms with E-state index in [-0.39, 0.29) is 17.6 Å². The summed E-state index contributed by atoms with van der Waals surface area (Å²) in [7, 11) is 0. The van der Waals surface area contributed by atoms with Gasteiger partial charge in [-0.2, -0.15) is 0 Å². The van der Waals surface area contributed by atoms with Crippen LogP contribution in [-0.4, -0.2) is 23.1 Å². The SMILES string of the molecule is CC1CCCC1NC(=O)Nc1cc(C(=O)O)ccc1Br. The predicted molar refractivity (Wildman–Crippen MR) is 80.1 cm³/mol. The Bertz CT molecular complexity index is 533. The summed E-state index contributed by atoms with van der Waals surface area (Å²) in [5.41, 5.74) is 0.589. The molecule has 20 heavy (non-hydrogen) atoms. The van der Waals surface area contributed by atoms with Gasteiger partial charge in [0.2, 0.25) is 0 Å². The number of urea groups is 1. The van der Waals surface area contributed by atoms with Crippen molar-refractivity contribution in [2.45, 2.75) is 32.2 Å². The minimum atomic E-state index is -1.02. The van der Waals surface area contributed by atoms with Crippen LogP contribution >= 0.6 is 15.9 Å². The fourth-order valence-electron chi connectivity index (χ4n) is 2.44. The molecule has 2 atom stereocenters. The van der Waals surface area contributed by atoms with Crippen molar-refractivity contribution in [1.82, 2.24) is 5.32 Å². The van der Waals surface area contributed by atoms with Crippen molar-refractivity contribution in [1.29, 1.82) is 0 Å². The van der Waals surface area contributed by atoms with E-state index in [1.54, 1.807) is 6.07 Å². The molecule has 1 saturated carbocycles. The zero-order chi connectivity index (χ0) is 14.7. The van der Waals surface area contributed by atoms with Gasteiger partial charge in [0.25, 0.3) is 0 Å². The highest BCUT2D eigenvalue weighted by molar-refractivity contribution is 9.10. The maximum Gasteiger partial charge on any atom is 0.335 e. The second-order valence-corrected chi connectivity index (χ2v) is 5.97. The lowest BCUT2D eigenvalue weighted by Gasteiger charge is -2.18. The average Bonchev–Trinajstić information content (AvgIpc) is 2.77. The fraction of sp³-hybridized carbons (Fsp3) is 0.429. The zero-order valence-electron chi connectivity index (χ0n) is 11.1. The Labute approximate surface area is 125 Å². The third kappa shape index (κ3) is 3.50. The highest BCUT2D eigenvalue weighted by Crippen LogP contribution is 2.26. The maximum absolute atomic E-state index is 12.0. The highest BCUT2D eigenvalue weighted by atomic mass is 79.9. The molecule has 1 aromatic rings. The molecule has 1 aliphatic rings. The number of carboxylic acids is 1. The minimum Gasteiger partial charge on any atom is -0.478 e. The number of aromatic carboxylic acids is 1. The molecule has 1 aliphatic carbocycles. The number of benzene rings is 1. The fourth-order valence-corrected chi connectivity index (χ4v) is 2.79. The number of hydrogen-bond acceptors (Lipinski definition) is 2. The number of amides is 2. The normalized spacial score (nSPS) is 21.5. The quantitative estimate of drug-likeness (QED) is 0.788. The van der Waals surface area contributed by atoms with Crippen LogP contribution in [0.15, 0.2) is 22.7 Å². The second kappa shape index (κ2) is 6.26. The van der Waals surface area contributed by atoms with Crippen LogP contribution in [0.2, 0.25) is 0 Å². The third-order valence-electron chi connectivity index (χ3n) is 3.64. The molecule has 6 heteroatoms. The molecule has 0 radical (unpaired) electrons. The summed E-state index contributed by atoms with van der Waals surface area (Å²) in [6, 6.07) is 4.42. The van der Waals surface area contributed by atoms with Gasteiger partial charge in [0.05, 0.1) is 11.3 Å². The molecule has 1 fully saturated rings. The van der Waals surface area contributed by atoms with Crippen molar-refractivity contribution in [2.24, 2.45) is 5.92 Å². The molecule has 0 bridgehead atoms. The Morgan fingerprint density at radius 2 is 2.10 bits per heavy atom. The topological polar surface area (TPSA) is 78.4 Å². The molecule has 2 amide bonds. The third-order valence-corrected chi connectivity index (χ3v) is 4.33. The van der Waals surface area contributed by atoms with Gasteiger partial charge < -0.3 is 15.7 Å². The first kappa shape index (κ1) is 14.8. The summed E-state index contributed by atoms with van der Waals surface area (Å²) in [4.78, 5) is 22.9. The molecule has 0 heterocycles. The molecule has 1 aromatic carbocycles. The minimum absolute atomic E-state index is 0.137. The van der Waals surface area contributed by atoms with Gasteiger partial charge in [0, 0.05) is 10.5 Å². The number of nitrogens with one attached hydrogen (secondary N) is 2. The maximum atomic E-state index is 12.0. The summed E-state index contributed by atoms with van der Waals surface area (Å²) in [6.07, 6.45) is 3.25. The van der Waals surface area contributed by atoms with Crippen LogP contribution < -0.4 is 10.6 Å². The number of carbonyl (C=O) groups excluding carboxylic acids is 1. The van der Waals surface area contributed by atoms with Gasteiger partial charge in [-0.05, 0) is 52.9 Å². The van der Waals surface area contributed by atoms with E-state index in [2.05, 4.69) is 33.5 Å². The van der Waals surface area contributed by atoms with Crippen LogP contribution in [-0.2, 0) is 0 Å². The van der Waals surface area contributed by atoms with Crippen molar-refractivity contribution in [2.75, 3.05) is 5.32 Å². The number of carboxylic acid groups (broad SMARTS) is 1. The lowest BCUT2D eigenvalue weighted by molar-refractivity contribution is 0.0697. The van der Waals surface area contributed by atoms with E-state index in [1.165, 1.54) is 12.1 Å². The van der Waals surface area contributed by atoms with E-state index in [0.717, 1.165) is 19.3 Å². The van der Waals surface area contributed by atoms with Gasteiger partial charge in [-0.1, -0.05) is 13.3 Å². The lowest BCUT2D eigenvalue weighted by atomic mass is 10.1. The summed E-state index contributed by atoms with van der Waals surface area (Å²) >= 11 is 3.30. The molecule has 108 valence electrons. The molecule has 0 aromatic heterocycles. The average molecular weight is 341 g/mol. The van der Waals surface area contributed by atoms with E-state index >= 15 is 0 Å². The van der Waals surface area contributed by atoms with Gasteiger partial charge in [0.1, 0.15) is 0 Å². The van der Waals surface area contributed by atoms with Crippen LogP contribution in [0.25, 0.3) is 0 Å². The van der Waals surface area contributed by atoms with E-state index < -0.39 is 5.97 Å². The first-order valence-electron chi connectivity index (χ1n) is 6.57. The van der Waals surface area contributed by atoms with Crippen molar-refractivity contribution in [3.8, 4) is 0 Å². The van der Waals surface area contributed by atoms with Gasteiger partial charge >= 0.3 is 12.0 Å². The smallest absolute Gasteiger partial charge is 0.335 e. The highest BCUT2D eigenvalue weighted by Gasteiger charge is 2.24. The number of halogens is 1. The summed E-state index contributed by atoms with van der Waals surface area (Å²) in [5, 5.41) is 14.6. The number of rotatable bonds is 3. The molecule has 0 saturated heterocycles. The largest absolute Gasteiger partial charge is 0.478 e. The summed E-state index contributed by atoms with van der Waals surface area (Å²) in [5.74, 6) is -0.542. The van der Waals surface area contributed by atoms with Crippen LogP contribution in [0.3, 0.4) is 0 Å². The van der Waals surface area contributed by atoms with Crippen LogP contribution in [0.4, 0.5) is 10.5 Å². The van der Waals surface area contributed by atoms with Crippen molar-refractivity contribution in [3.05, 3.63) is 28.2 Å². The first-order chi connectivity index (χ1) is 9.47.